The first-order valence-corrected chi connectivity index (χ1v) is 7.82. The molecule has 1 heterocycles. The van der Waals surface area contributed by atoms with Crippen LogP contribution >= 0.6 is 12.2 Å². The standard InChI is InChI=1S/C16H24N2OS/c1-3-6-12-7-4-5-10-18(12)15-11-13(19-2)8-9-14(15)16(17)20/h8-9,11-12H,3-7,10H2,1-2H3,(H2,17,20). The summed E-state index contributed by atoms with van der Waals surface area (Å²) in [6.07, 6.45) is 6.21. The van der Waals surface area contributed by atoms with Crippen LogP contribution in [0.4, 0.5) is 5.69 Å². The lowest BCUT2D eigenvalue weighted by Gasteiger charge is -2.38. The van der Waals surface area contributed by atoms with E-state index in [4.69, 9.17) is 22.7 Å². The fraction of sp³-hybridized carbons (Fsp3) is 0.562. The van der Waals surface area contributed by atoms with E-state index in [0.717, 1.165) is 23.5 Å². The molecule has 0 spiro atoms. The molecule has 1 aromatic carbocycles. The van der Waals surface area contributed by atoms with Crippen LogP contribution in [-0.4, -0.2) is 24.7 Å². The molecule has 0 aliphatic carbocycles. The highest BCUT2D eigenvalue weighted by Crippen LogP contribution is 2.32. The van der Waals surface area contributed by atoms with Gasteiger partial charge >= 0.3 is 0 Å². The van der Waals surface area contributed by atoms with Crippen molar-refractivity contribution in [1.82, 2.24) is 0 Å². The van der Waals surface area contributed by atoms with Crippen molar-refractivity contribution < 1.29 is 4.74 Å². The molecule has 1 aliphatic heterocycles. The molecule has 1 aromatic rings. The van der Waals surface area contributed by atoms with Gasteiger partial charge in [-0.3, -0.25) is 0 Å². The third-order valence-corrected chi connectivity index (χ3v) is 4.25. The summed E-state index contributed by atoms with van der Waals surface area (Å²) in [4.78, 5) is 2.94. The Balaban J connectivity index is 2.39. The molecule has 0 saturated carbocycles. The topological polar surface area (TPSA) is 38.5 Å². The third-order valence-electron chi connectivity index (χ3n) is 4.03. The number of piperidine rings is 1. The van der Waals surface area contributed by atoms with Crippen LogP contribution in [0.2, 0.25) is 0 Å². The van der Waals surface area contributed by atoms with E-state index in [9.17, 15) is 0 Å². The summed E-state index contributed by atoms with van der Waals surface area (Å²) in [7, 11) is 1.69. The molecule has 2 rings (SSSR count). The van der Waals surface area contributed by atoms with Gasteiger partial charge in [-0.2, -0.15) is 0 Å². The van der Waals surface area contributed by atoms with E-state index in [2.05, 4.69) is 17.9 Å². The molecule has 0 radical (unpaired) electrons. The summed E-state index contributed by atoms with van der Waals surface area (Å²) in [6, 6.07) is 6.57. The van der Waals surface area contributed by atoms with Gasteiger partial charge in [0.1, 0.15) is 10.7 Å². The Morgan fingerprint density at radius 2 is 2.25 bits per heavy atom. The molecule has 1 atom stereocenters. The minimum atomic E-state index is 0.462. The normalized spacial score (nSPS) is 18.9. The number of thiocarbonyl (C=S) groups is 1. The SMILES string of the molecule is CCCC1CCCCN1c1cc(OC)ccc1C(N)=S. The molecule has 2 N–H and O–H groups in total. The Morgan fingerprint density at radius 3 is 2.90 bits per heavy atom. The zero-order chi connectivity index (χ0) is 14.5. The molecule has 0 amide bonds. The van der Waals surface area contributed by atoms with Gasteiger partial charge in [-0.05, 0) is 37.8 Å². The van der Waals surface area contributed by atoms with Crippen molar-refractivity contribution >= 4 is 22.9 Å². The monoisotopic (exact) mass is 292 g/mol. The summed E-state index contributed by atoms with van der Waals surface area (Å²) in [5, 5.41) is 0. The molecule has 1 aliphatic rings. The maximum atomic E-state index is 5.90. The molecule has 1 saturated heterocycles. The largest absolute Gasteiger partial charge is 0.497 e. The Kier molecular flexibility index (Phi) is 5.24. The minimum Gasteiger partial charge on any atom is -0.497 e. The first-order valence-electron chi connectivity index (χ1n) is 7.41. The quantitative estimate of drug-likeness (QED) is 0.843. The van der Waals surface area contributed by atoms with Gasteiger partial charge in [0.15, 0.2) is 0 Å². The Hall–Kier alpha value is -1.29. The van der Waals surface area contributed by atoms with Crippen molar-refractivity contribution in [3.05, 3.63) is 23.8 Å². The number of nitrogens with two attached hydrogens (primary N) is 1. The first kappa shape index (κ1) is 15.1. The van der Waals surface area contributed by atoms with Gasteiger partial charge in [-0.1, -0.05) is 25.6 Å². The van der Waals surface area contributed by atoms with E-state index in [-0.39, 0.29) is 0 Å². The number of nitrogens with zero attached hydrogens (tertiary/aromatic N) is 1. The number of anilines is 1. The van der Waals surface area contributed by atoms with Gasteiger partial charge in [0.25, 0.3) is 0 Å². The Labute approximate surface area is 127 Å². The predicted molar refractivity (Wildman–Crippen MR) is 88.8 cm³/mol. The second kappa shape index (κ2) is 6.93. The Bertz CT molecular complexity index is 474. The molecule has 1 fully saturated rings. The van der Waals surface area contributed by atoms with Gasteiger partial charge < -0.3 is 15.4 Å². The Morgan fingerprint density at radius 1 is 1.45 bits per heavy atom. The lowest BCUT2D eigenvalue weighted by atomic mass is 9.96. The van der Waals surface area contributed by atoms with E-state index in [1.807, 2.05) is 12.1 Å². The molecule has 110 valence electrons. The number of hydrogen-bond acceptors (Lipinski definition) is 3. The predicted octanol–water partition coefficient (Wildman–Crippen LogP) is 3.49. The van der Waals surface area contributed by atoms with E-state index in [1.165, 1.54) is 32.1 Å². The van der Waals surface area contributed by atoms with Crippen LogP contribution in [0.3, 0.4) is 0 Å². The van der Waals surface area contributed by atoms with Crippen LogP contribution in [-0.2, 0) is 0 Å². The van der Waals surface area contributed by atoms with E-state index < -0.39 is 0 Å². The second-order valence-electron chi connectivity index (χ2n) is 5.38. The summed E-state index contributed by atoms with van der Waals surface area (Å²) in [5.74, 6) is 0.862. The van der Waals surface area contributed by atoms with Gasteiger partial charge in [0.2, 0.25) is 0 Å². The second-order valence-corrected chi connectivity index (χ2v) is 5.82. The summed E-state index contributed by atoms with van der Waals surface area (Å²) in [5.41, 5.74) is 7.99. The number of ether oxygens (including phenoxy) is 1. The zero-order valence-electron chi connectivity index (χ0n) is 12.4. The van der Waals surface area contributed by atoms with Crippen molar-refractivity contribution in [2.24, 2.45) is 5.73 Å². The van der Waals surface area contributed by atoms with Crippen molar-refractivity contribution in [1.29, 1.82) is 0 Å². The first-order chi connectivity index (χ1) is 9.67. The summed E-state index contributed by atoms with van der Waals surface area (Å²) in [6.45, 7) is 3.32. The van der Waals surface area contributed by atoms with Gasteiger partial charge in [-0.25, -0.2) is 0 Å². The van der Waals surface area contributed by atoms with Crippen LogP contribution in [0.1, 0.15) is 44.6 Å². The third kappa shape index (κ3) is 3.23. The number of benzene rings is 1. The smallest absolute Gasteiger partial charge is 0.120 e. The zero-order valence-corrected chi connectivity index (χ0v) is 13.2. The highest BCUT2D eigenvalue weighted by atomic mass is 32.1. The summed E-state index contributed by atoms with van der Waals surface area (Å²) >= 11 is 5.21. The summed E-state index contributed by atoms with van der Waals surface area (Å²) < 4.78 is 5.36. The molecular weight excluding hydrogens is 268 g/mol. The van der Waals surface area contributed by atoms with Crippen LogP contribution in [0, 0.1) is 0 Å². The van der Waals surface area contributed by atoms with Gasteiger partial charge in [0, 0.05) is 24.2 Å². The average Bonchev–Trinajstić information content (AvgIpc) is 2.47. The number of hydrogen-bond donors (Lipinski definition) is 1. The van der Waals surface area contributed by atoms with Gasteiger partial charge in [0.05, 0.1) is 12.8 Å². The lowest BCUT2D eigenvalue weighted by molar-refractivity contribution is 0.412. The van der Waals surface area contributed by atoms with Crippen molar-refractivity contribution in [2.45, 2.75) is 45.1 Å². The molecule has 1 unspecified atom stereocenters. The molecular formula is C16H24N2OS. The maximum absolute atomic E-state index is 5.90. The average molecular weight is 292 g/mol. The maximum Gasteiger partial charge on any atom is 0.120 e. The van der Waals surface area contributed by atoms with Crippen molar-refractivity contribution in [3.8, 4) is 5.75 Å². The van der Waals surface area contributed by atoms with Crippen molar-refractivity contribution in [3.63, 3.8) is 0 Å². The highest BCUT2D eigenvalue weighted by molar-refractivity contribution is 7.80. The highest BCUT2D eigenvalue weighted by Gasteiger charge is 2.24. The molecule has 4 heteroatoms. The van der Waals surface area contributed by atoms with E-state index in [0.29, 0.717) is 11.0 Å². The van der Waals surface area contributed by atoms with Crippen LogP contribution in [0.15, 0.2) is 18.2 Å². The molecule has 20 heavy (non-hydrogen) atoms. The fourth-order valence-corrected chi connectivity index (χ4v) is 3.21. The van der Waals surface area contributed by atoms with Crippen LogP contribution in [0.5, 0.6) is 5.75 Å². The van der Waals surface area contributed by atoms with E-state index in [1.54, 1.807) is 7.11 Å². The molecule has 0 aromatic heterocycles. The van der Waals surface area contributed by atoms with Crippen LogP contribution in [0.25, 0.3) is 0 Å². The van der Waals surface area contributed by atoms with Crippen molar-refractivity contribution in [2.75, 3.05) is 18.6 Å². The molecule has 3 nitrogen and oxygen atoms in total. The van der Waals surface area contributed by atoms with Gasteiger partial charge in [-0.15, -0.1) is 0 Å². The minimum absolute atomic E-state index is 0.462. The van der Waals surface area contributed by atoms with Crippen LogP contribution < -0.4 is 15.4 Å². The molecule has 0 bridgehead atoms. The fourth-order valence-electron chi connectivity index (χ4n) is 3.04. The lowest BCUT2D eigenvalue weighted by Crippen LogP contribution is -2.40. The van der Waals surface area contributed by atoms with E-state index >= 15 is 0 Å². The number of rotatable bonds is 5. The number of methoxy groups -OCH3 is 1.